The van der Waals surface area contributed by atoms with Gasteiger partial charge in [0.2, 0.25) is 5.91 Å². The molecule has 1 aromatic carbocycles. The van der Waals surface area contributed by atoms with Gasteiger partial charge in [0.1, 0.15) is 0 Å². The number of amides is 1. The molecule has 5 nitrogen and oxygen atoms in total. The van der Waals surface area contributed by atoms with Crippen molar-refractivity contribution in [2.24, 2.45) is 5.73 Å². The van der Waals surface area contributed by atoms with Crippen LogP contribution in [-0.2, 0) is 9.59 Å². The van der Waals surface area contributed by atoms with Crippen LogP contribution >= 0.6 is 0 Å². The van der Waals surface area contributed by atoms with Crippen LogP contribution in [0.5, 0.6) is 0 Å². The largest absolute Gasteiger partial charge is 0.481 e. The van der Waals surface area contributed by atoms with E-state index in [-0.39, 0.29) is 12.5 Å². The fraction of sp³-hybridized carbons (Fsp3) is 0.467. The Morgan fingerprint density at radius 1 is 1.30 bits per heavy atom. The van der Waals surface area contributed by atoms with Crippen molar-refractivity contribution in [1.82, 2.24) is 5.32 Å². The molecule has 0 aliphatic heterocycles. The van der Waals surface area contributed by atoms with E-state index < -0.39 is 17.9 Å². The van der Waals surface area contributed by atoms with Crippen LogP contribution in [0.2, 0.25) is 0 Å². The van der Waals surface area contributed by atoms with Gasteiger partial charge in [0, 0.05) is 6.54 Å². The number of carboxylic acid groups (broad SMARTS) is 1. The summed E-state index contributed by atoms with van der Waals surface area (Å²) in [6.45, 7) is 2.08. The summed E-state index contributed by atoms with van der Waals surface area (Å²) in [5.41, 5.74) is 6.41. The lowest BCUT2D eigenvalue weighted by molar-refractivity contribution is -0.138. The second-order valence-corrected chi connectivity index (χ2v) is 4.80. The molecule has 5 heteroatoms. The molecular formula is C15H22N2O3. The van der Waals surface area contributed by atoms with E-state index in [4.69, 9.17) is 5.73 Å². The number of hydrogen-bond donors (Lipinski definition) is 3. The van der Waals surface area contributed by atoms with Gasteiger partial charge < -0.3 is 16.2 Å². The molecule has 0 saturated heterocycles. The molecule has 1 unspecified atom stereocenters. The number of aliphatic carboxylic acids is 1. The predicted molar refractivity (Wildman–Crippen MR) is 77.3 cm³/mol. The zero-order valence-electron chi connectivity index (χ0n) is 11.7. The Morgan fingerprint density at radius 3 is 2.50 bits per heavy atom. The van der Waals surface area contributed by atoms with Crippen molar-refractivity contribution in [2.45, 2.75) is 38.1 Å². The summed E-state index contributed by atoms with van der Waals surface area (Å²) in [5, 5.41) is 11.9. The third kappa shape index (κ3) is 5.01. The van der Waals surface area contributed by atoms with E-state index in [9.17, 15) is 14.7 Å². The summed E-state index contributed by atoms with van der Waals surface area (Å²) in [7, 11) is 0. The highest BCUT2D eigenvalue weighted by Gasteiger charge is 2.21. The second-order valence-electron chi connectivity index (χ2n) is 4.80. The van der Waals surface area contributed by atoms with Crippen LogP contribution in [-0.4, -0.2) is 29.6 Å². The molecule has 0 spiro atoms. The number of nitrogens with two attached hydrogens (primary N) is 1. The molecule has 0 radical (unpaired) electrons. The number of rotatable bonds is 8. The standard InChI is InChI=1S/C15H22N2O3/c1-2-3-9-13(16)14(18)17-10-12(15(19)20)11-7-5-4-6-8-11/h4-8,12-13H,2-3,9-10,16H2,1H3,(H,17,18)(H,19,20)/t12?,13-/m0/s1. The zero-order valence-corrected chi connectivity index (χ0v) is 11.7. The van der Waals surface area contributed by atoms with Crippen molar-refractivity contribution in [3.63, 3.8) is 0 Å². The number of benzene rings is 1. The summed E-state index contributed by atoms with van der Waals surface area (Å²) in [6, 6.07) is 8.28. The SMILES string of the molecule is CCCC[C@H](N)C(=O)NCC(C(=O)O)c1ccccc1. The molecule has 0 aliphatic rings. The summed E-state index contributed by atoms with van der Waals surface area (Å²) < 4.78 is 0. The van der Waals surface area contributed by atoms with Crippen LogP contribution in [0.4, 0.5) is 0 Å². The first kappa shape index (κ1) is 16.2. The maximum absolute atomic E-state index is 11.8. The van der Waals surface area contributed by atoms with Gasteiger partial charge in [-0.2, -0.15) is 0 Å². The maximum Gasteiger partial charge on any atom is 0.312 e. The van der Waals surface area contributed by atoms with Gasteiger partial charge in [-0.05, 0) is 12.0 Å². The highest BCUT2D eigenvalue weighted by molar-refractivity contribution is 5.83. The van der Waals surface area contributed by atoms with Crippen LogP contribution in [0, 0.1) is 0 Å². The third-order valence-electron chi connectivity index (χ3n) is 3.19. The Balaban J connectivity index is 2.56. The van der Waals surface area contributed by atoms with Crippen molar-refractivity contribution in [1.29, 1.82) is 0 Å². The number of unbranched alkanes of at least 4 members (excludes halogenated alkanes) is 1. The normalized spacial score (nSPS) is 13.5. The average molecular weight is 278 g/mol. The molecule has 20 heavy (non-hydrogen) atoms. The van der Waals surface area contributed by atoms with Gasteiger partial charge in [-0.15, -0.1) is 0 Å². The van der Waals surface area contributed by atoms with E-state index in [1.54, 1.807) is 24.3 Å². The van der Waals surface area contributed by atoms with Gasteiger partial charge in [-0.3, -0.25) is 9.59 Å². The van der Waals surface area contributed by atoms with Crippen molar-refractivity contribution in [2.75, 3.05) is 6.54 Å². The molecule has 1 rings (SSSR count). The molecule has 1 aromatic rings. The van der Waals surface area contributed by atoms with Crippen molar-refractivity contribution in [3.8, 4) is 0 Å². The maximum atomic E-state index is 11.8. The lowest BCUT2D eigenvalue weighted by Crippen LogP contribution is -2.42. The van der Waals surface area contributed by atoms with E-state index in [2.05, 4.69) is 5.32 Å². The minimum atomic E-state index is -0.960. The van der Waals surface area contributed by atoms with Crippen molar-refractivity contribution in [3.05, 3.63) is 35.9 Å². The number of nitrogens with one attached hydrogen (secondary N) is 1. The van der Waals surface area contributed by atoms with E-state index in [1.165, 1.54) is 0 Å². The number of hydrogen-bond acceptors (Lipinski definition) is 3. The smallest absolute Gasteiger partial charge is 0.312 e. The number of carbonyl (C=O) groups is 2. The fourth-order valence-corrected chi connectivity index (χ4v) is 1.92. The molecule has 0 fully saturated rings. The third-order valence-corrected chi connectivity index (χ3v) is 3.19. The van der Waals surface area contributed by atoms with Gasteiger partial charge in [0.05, 0.1) is 12.0 Å². The quantitative estimate of drug-likeness (QED) is 0.671. The van der Waals surface area contributed by atoms with Crippen LogP contribution in [0.1, 0.15) is 37.7 Å². The summed E-state index contributed by atoms with van der Waals surface area (Å²) >= 11 is 0. The molecule has 0 heterocycles. The lowest BCUT2D eigenvalue weighted by atomic mass is 9.99. The zero-order chi connectivity index (χ0) is 15.0. The first-order valence-electron chi connectivity index (χ1n) is 6.87. The molecule has 0 aromatic heterocycles. The predicted octanol–water partition coefficient (Wildman–Crippen LogP) is 1.49. The molecule has 110 valence electrons. The Hall–Kier alpha value is -1.88. The van der Waals surface area contributed by atoms with E-state index in [0.29, 0.717) is 12.0 Å². The fourth-order valence-electron chi connectivity index (χ4n) is 1.92. The van der Waals surface area contributed by atoms with Gasteiger partial charge in [0.25, 0.3) is 0 Å². The Bertz CT molecular complexity index is 434. The van der Waals surface area contributed by atoms with E-state index in [0.717, 1.165) is 12.8 Å². The highest BCUT2D eigenvalue weighted by Crippen LogP contribution is 2.14. The number of carboxylic acids is 1. The summed E-state index contributed by atoms with van der Waals surface area (Å²) in [5.74, 6) is -2.00. The van der Waals surface area contributed by atoms with Gasteiger partial charge in [0.15, 0.2) is 0 Å². The monoisotopic (exact) mass is 278 g/mol. The molecule has 0 aliphatic carbocycles. The molecule has 1 amide bonds. The lowest BCUT2D eigenvalue weighted by Gasteiger charge is -2.16. The van der Waals surface area contributed by atoms with Crippen LogP contribution in [0.25, 0.3) is 0 Å². The van der Waals surface area contributed by atoms with Crippen LogP contribution < -0.4 is 11.1 Å². The Labute approximate surface area is 119 Å². The second kappa shape index (κ2) is 8.32. The van der Waals surface area contributed by atoms with E-state index >= 15 is 0 Å². The van der Waals surface area contributed by atoms with Crippen LogP contribution in [0.15, 0.2) is 30.3 Å². The van der Waals surface area contributed by atoms with Gasteiger partial charge in [-0.1, -0.05) is 50.1 Å². The molecule has 4 N–H and O–H groups in total. The number of carbonyl (C=O) groups excluding carboxylic acids is 1. The molecular weight excluding hydrogens is 256 g/mol. The molecule has 0 saturated carbocycles. The molecule has 2 atom stereocenters. The van der Waals surface area contributed by atoms with Crippen molar-refractivity contribution < 1.29 is 14.7 Å². The highest BCUT2D eigenvalue weighted by atomic mass is 16.4. The van der Waals surface area contributed by atoms with Crippen molar-refractivity contribution >= 4 is 11.9 Å². The van der Waals surface area contributed by atoms with Gasteiger partial charge >= 0.3 is 5.97 Å². The first-order chi connectivity index (χ1) is 9.56. The minimum Gasteiger partial charge on any atom is -0.481 e. The van der Waals surface area contributed by atoms with Crippen LogP contribution in [0.3, 0.4) is 0 Å². The Morgan fingerprint density at radius 2 is 1.95 bits per heavy atom. The first-order valence-corrected chi connectivity index (χ1v) is 6.87. The minimum absolute atomic E-state index is 0.0536. The topological polar surface area (TPSA) is 92.4 Å². The Kier molecular flexibility index (Phi) is 6.73. The molecule has 0 bridgehead atoms. The summed E-state index contributed by atoms with van der Waals surface area (Å²) in [4.78, 5) is 23.1. The average Bonchev–Trinajstić information content (AvgIpc) is 2.45. The summed E-state index contributed by atoms with van der Waals surface area (Å²) in [6.07, 6.45) is 2.48. The van der Waals surface area contributed by atoms with Gasteiger partial charge in [-0.25, -0.2) is 0 Å². The van der Waals surface area contributed by atoms with E-state index in [1.807, 2.05) is 13.0 Å².